The van der Waals surface area contributed by atoms with Crippen LogP contribution in [-0.2, 0) is 37.8 Å². The SMILES string of the molecule is CCOC(=O)C(Oc1cccc2cc3c(nc12)-c1cc2c(c(=O)n1C3)COC(=O)[C@]2(O)CC)C(C)[Si](C)(C)C. The van der Waals surface area contributed by atoms with Crippen LogP contribution in [0.15, 0.2) is 35.1 Å². The maximum Gasteiger partial charge on any atom is 0.347 e. The topological polar surface area (TPSA) is 117 Å². The summed E-state index contributed by atoms with van der Waals surface area (Å²) in [5.41, 5.74) is 0.790. The molecule has 0 aliphatic carbocycles. The fourth-order valence-corrected chi connectivity index (χ4v) is 6.36. The van der Waals surface area contributed by atoms with Crippen LogP contribution in [0.25, 0.3) is 22.3 Å². The fraction of sp³-hybridized carbons (Fsp3) is 0.448. The third-order valence-corrected chi connectivity index (χ3v) is 11.1. The number of aliphatic hydroxyl groups is 1. The molecule has 5 rings (SSSR count). The number of carbonyl (C=O) groups excluding carboxylic acids is 2. The van der Waals surface area contributed by atoms with E-state index in [1.165, 1.54) is 0 Å². The zero-order chi connectivity index (χ0) is 28.3. The second-order valence-electron chi connectivity index (χ2n) is 11.4. The molecular formula is C29H34N2O7Si. The molecule has 0 bridgehead atoms. The lowest BCUT2D eigenvalue weighted by molar-refractivity contribution is -0.172. The summed E-state index contributed by atoms with van der Waals surface area (Å²) in [6, 6.07) is 9.19. The molecule has 0 spiro atoms. The molecule has 0 saturated carbocycles. The molecule has 1 aromatic carbocycles. The number of nitrogens with zero attached hydrogens (tertiary/aromatic N) is 2. The lowest BCUT2D eigenvalue weighted by Crippen LogP contribution is -2.44. The van der Waals surface area contributed by atoms with Gasteiger partial charge in [0.05, 0.1) is 38.2 Å². The van der Waals surface area contributed by atoms with Gasteiger partial charge < -0.3 is 23.9 Å². The van der Waals surface area contributed by atoms with Crippen molar-refractivity contribution in [3.63, 3.8) is 0 Å². The van der Waals surface area contributed by atoms with Crippen LogP contribution in [0.4, 0.5) is 0 Å². The van der Waals surface area contributed by atoms with Crippen molar-refractivity contribution in [2.45, 2.75) is 77.2 Å². The molecule has 0 fully saturated rings. The van der Waals surface area contributed by atoms with E-state index in [1.807, 2.05) is 25.1 Å². The number of cyclic esters (lactones) is 1. The number of hydrogen-bond acceptors (Lipinski definition) is 8. The van der Waals surface area contributed by atoms with E-state index in [0.29, 0.717) is 29.2 Å². The van der Waals surface area contributed by atoms with Gasteiger partial charge in [-0.1, -0.05) is 45.6 Å². The van der Waals surface area contributed by atoms with Crippen LogP contribution in [-0.4, -0.2) is 47.4 Å². The van der Waals surface area contributed by atoms with Gasteiger partial charge in [-0.2, -0.15) is 0 Å². The third kappa shape index (κ3) is 4.35. The second-order valence-corrected chi connectivity index (χ2v) is 17.0. The summed E-state index contributed by atoms with van der Waals surface area (Å²) in [6.07, 6.45) is -0.716. The highest BCUT2D eigenvalue weighted by atomic mass is 28.3. The van der Waals surface area contributed by atoms with Crippen molar-refractivity contribution >= 4 is 30.9 Å². The number of pyridine rings is 2. The van der Waals surface area contributed by atoms with Crippen LogP contribution in [0.3, 0.4) is 0 Å². The Balaban J connectivity index is 1.64. The highest BCUT2D eigenvalue weighted by Gasteiger charge is 2.45. The summed E-state index contributed by atoms with van der Waals surface area (Å²) in [6.45, 7) is 12.4. The second kappa shape index (κ2) is 9.60. The monoisotopic (exact) mass is 550 g/mol. The lowest BCUT2D eigenvalue weighted by atomic mass is 9.86. The zero-order valence-corrected chi connectivity index (χ0v) is 24.2. The van der Waals surface area contributed by atoms with Crippen molar-refractivity contribution in [1.82, 2.24) is 9.55 Å². The van der Waals surface area contributed by atoms with Crippen LogP contribution in [0.2, 0.25) is 25.2 Å². The van der Waals surface area contributed by atoms with E-state index in [9.17, 15) is 19.5 Å². The number of fused-ring (bicyclic) bond motifs is 5. The van der Waals surface area contributed by atoms with Crippen LogP contribution in [0.5, 0.6) is 5.75 Å². The van der Waals surface area contributed by atoms with Gasteiger partial charge in [0.2, 0.25) is 0 Å². The van der Waals surface area contributed by atoms with E-state index in [2.05, 4.69) is 19.6 Å². The first kappa shape index (κ1) is 27.1. The smallest absolute Gasteiger partial charge is 0.347 e. The van der Waals surface area contributed by atoms with Gasteiger partial charge in [0.15, 0.2) is 11.7 Å². The standard InChI is InChI=1S/C29H34N2O7Si/c1-7-29(35)20-13-21-23-18(14-31(21)26(32)19(20)15-37-28(29)34)12-17-10-9-11-22(24(17)30-23)38-25(27(33)36-8-2)16(3)39(4,5)6/h9-13,16,25,35H,7-8,14-15H2,1-6H3/t16?,25?,29-/m0/s1. The number of benzene rings is 1. The van der Waals surface area contributed by atoms with E-state index in [1.54, 1.807) is 30.5 Å². The molecule has 2 aliphatic heterocycles. The number of rotatable bonds is 7. The minimum Gasteiger partial charge on any atom is -0.476 e. The van der Waals surface area contributed by atoms with E-state index in [0.717, 1.165) is 10.9 Å². The molecular weight excluding hydrogens is 516 g/mol. The lowest BCUT2D eigenvalue weighted by Gasteiger charge is -2.32. The Kier molecular flexibility index (Phi) is 6.67. The molecule has 3 aromatic rings. The minimum atomic E-state index is -1.89. The zero-order valence-electron chi connectivity index (χ0n) is 23.2. The molecule has 0 radical (unpaired) electrons. The summed E-state index contributed by atoms with van der Waals surface area (Å²) in [5, 5.41) is 11.9. The van der Waals surface area contributed by atoms with Crippen molar-refractivity contribution < 1.29 is 28.9 Å². The van der Waals surface area contributed by atoms with Crippen molar-refractivity contribution in [3.05, 3.63) is 57.4 Å². The average molecular weight is 551 g/mol. The van der Waals surface area contributed by atoms with E-state index < -0.39 is 31.7 Å². The molecule has 4 heterocycles. The van der Waals surface area contributed by atoms with Gasteiger partial charge in [0, 0.05) is 16.5 Å². The quantitative estimate of drug-likeness (QED) is 0.270. The van der Waals surface area contributed by atoms with Gasteiger partial charge in [-0.25, -0.2) is 14.6 Å². The van der Waals surface area contributed by atoms with Crippen LogP contribution in [0, 0.1) is 0 Å². The minimum absolute atomic E-state index is 0.0291. The summed E-state index contributed by atoms with van der Waals surface area (Å²) >= 11 is 0. The molecule has 1 N–H and O–H groups in total. The first-order chi connectivity index (χ1) is 18.4. The Hall–Kier alpha value is -3.50. The van der Waals surface area contributed by atoms with Crippen LogP contribution < -0.4 is 10.3 Å². The molecule has 2 aromatic heterocycles. The highest BCUT2D eigenvalue weighted by Crippen LogP contribution is 2.40. The molecule has 2 unspecified atom stereocenters. The largest absolute Gasteiger partial charge is 0.476 e. The number of para-hydroxylation sites is 1. The molecule has 206 valence electrons. The highest BCUT2D eigenvalue weighted by molar-refractivity contribution is 6.77. The van der Waals surface area contributed by atoms with Gasteiger partial charge in [0.25, 0.3) is 5.56 Å². The Labute approximate surface area is 227 Å². The third-order valence-electron chi connectivity index (χ3n) is 8.09. The van der Waals surface area contributed by atoms with E-state index in [4.69, 9.17) is 19.2 Å². The molecule has 0 saturated heterocycles. The van der Waals surface area contributed by atoms with Crippen molar-refractivity contribution in [2.75, 3.05) is 6.61 Å². The van der Waals surface area contributed by atoms with Crippen molar-refractivity contribution in [1.29, 1.82) is 0 Å². The maximum atomic E-state index is 13.5. The molecule has 2 aliphatic rings. The summed E-state index contributed by atoms with van der Waals surface area (Å²) < 4.78 is 18.5. The van der Waals surface area contributed by atoms with Gasteiger partial charge in [-0.05, 0) is 37.1 Å². The fourth-order valence-electron chi connectivity index (χ4n) is 5.25. The van der Waals surface area contributed by atoms with Crippen LogP contribution >= 0.6 is 0 Å². The van der Waals surface area contributed by atoms with Crippen LogP contribution in [0.1, 0.15) is 43.9 Å². The van der Waals surface area contributed by atoms with Gasteiger partial charge in [-0.3, -0.25) is 4.79 Å². The van der Waals surface area contributed by atoms with Gasteiger partial charge >= 0.3 is 11.9 Å². The van der Waals surface area contributed by atoms with E-state index in [-0.39, 0.29) is 41.9 Å². The molecule has 10 heteroatoms. The number of esters is 2. The molecule has 9 nitrogen and oxygen atoms in total. The molecule has 39 heavy (non-hydrogen) atoms. The summed E-state index contributed by atoms with van der Waals surface area (Å²) in [5.74, 6) is -0.713. The summed E-state index contributed by atoms with van der Waals surface area (Å²) in [4.78, 5) is 43.8. The van der Waals surface area contributed by atoms with Gasteiger partial charge in [-0.15, -0.1) is 0 Å². The summed E-state index contributed by atoms with van der Waals surface area (Å²) in [7, 11) is -1.79. The Morgan fingerprint density at radius 1 is 1.23 bits per heavy atom. The Morgan fingerprint density at radius 2 is 1.97 bits per heavy atom. The molecule has 3 atom stereocenters. The van der Waals surface area contributed by atoms with E-state index >= 15 is 0 Å². The first-order valence-corrected chi connectivity index (χ1v) is 16.9. The average Bonchev–Trinajstić information content (AvgIpc) is 3.25. The first-order valence-electron chi connectivity index (χ1n) is 13.3. The number of ether oxygens (including phenoxy) is 3. The van der Waals surface area contributed by atoms with Crippen molar-refractivity contribution in [3.8, 4) is 17.1 Å². The maximum absolute atomic E-state index is 13.5. The predicted molar refractivity (Wildman–Crippen MR) is 148 cm³/mol. The number of hydrogen-bond donors (Lipinski definition) is 1. The van der Waals surface area contributed by atoms with Gasteiger partial charge in [0.1, 0.15) is 17.9 Å². The Morgan fingerprint density at radius 3 is 2.64 bits per heavy atom. The number of carbonyl (C=O) groups is 2. The Bertz CT molecular complexity index is 1560. The van der Waals surface area contributed by atoms with Crippen molar-refractivity contribution in [2.24, 2.45) is 0 Å². The normalized spacial score (nSPS) is 19.5. The predicted octanol–water partition coefficient (Wildman–Crippen LogP) is 4.12. The molecule has 0 amide bonds. The number of aromatic nitrogens is 2.